The Morgan fingerprint density at radius 2 is 2.00 bits per heavy atom. The second-order valence-electron chi connectivity index (χ2n) is 5.20. The molecule has 3 rings (SSSR count). The minimum atomic E-state index is 0.186. The maximum Gasteiger partial charge on any atom is 0.183 e. The van der Waals surface area contributed by atoms with Crippen LogP contribution in [0.1, 0.15) is 25.7 Å². The van der Waals surface area contributed by atoms with Gasteiger partial charge in [0.05, 0.1) is 6.54 Å². The first-order valence-electron chi connectivity index (χ1n) is 6.71. The van der Waals surface area contributed by atoms with Crippen LogP contribution in [-0.4, -0.2) is 10.4 Å². The van der Waals surface area contributed by atoms with Gasteiger partial charge in [-0.05, 0) is 44.5 Å². The SMILES string of the molecule is Cc1cc(C(=O)Cn2ccc3c(C)cccc32)c(C)s1. The Morgan fingerprint density at radius 1 is 1.20 bits per heavy atom. The Balaban J connectivity index is 1.96. The normalized spacial score (nSPS) is 11.2. The molecule has 2 heterocycles. The number of thiophene rings is 1. The van der Waals surface area contributed by atoms with Gasteiger partial charge in [0, 0.05) is 32.4 Å². The van der Waals surface area contributed by atoms with Gasteiger partial charge >= 0.3 is 0 Å². The third-order valence-corrected chi connectivity index (χ3v) is 4.65. The van der Waals surface area contributed by atoms with Crippen molar-refractivity contribution in [1.82, 2.24) is 4.57 Å². The zero-order chi connectivity index (χ0) is 14.3. The first kappa shape index (κ1) is 13.1. The van der Waals surface area contributed by atoms with Crippen molar-refractivity contribution in [2.45, 2.75) is 27.3 Å². The standard InChI is InChI=1S/C17H17NOS/c1-11-5-4-6-16-14(11)7-8-18(16)10-17(19)15-9-12(2)20-13(15)3/h4-9H,10H2,1-3H3. The van der Waals surface area contributed by atoms with Crippen LogP contribution in [0.4, 0.5) is 0 Å². The summed E-state index contributed by atoms with van der Waals surface area (Å²) in [7, 11) is 0. The second kappa shape index (κ2) is 4.91. The second-order valence-corrected chi connectivity index (χ2v) is 6.66. The highest BCUT2D eigenvalue weighted by molar-refractivity contribution is 7.12. The molecule has 0 amide bonds. The van der Waals surface area contributed by atoms with Crippen LogP contribution in [-0.2, 0) is 6.54 Å². The van der Waals surface area contributed by atoms with Gasteiger partial charge in [0.15, 0.2) is 5.78 Å². The largest absolute Gasteiger partial charge is 0.340 e. The number of Topliss-reactive ketones (excluding diaryl/α,β-unsaturated/α-hetero) is 1. The van der Waals surface area contributed by atoms with Crippen molar-refractivity contribution in [3.63, 3.8) is 0 Å². The molecule has 20 heavy (non-hydrogen) atoms. The number of aryl methyl sites for hydroxylation is 3. The van der Waals surface area contributed by atoms with Crippen molar-refractivity contribution in [1.29, 1.82) is 0 Å². The number of aromatic nitrogens is 1. The molecule has 0 fully saturated rings. The average molecular weight is 283 g/mol. The van der Waals surface area contributed by atoms with Crippen molar-refractivity contribution in [3.05, 3.63) is 57.4 Å². The molecule has 0 aliphatic rings. The number of fused-ring (bicyclic) bond motifs is 1. The van der Waals surface area contributed by atoms with Gasteiger partial charge in [-0.2, -0.15) is 0 Å². The van der Waals surface area contributed by atoms with Crippen molar-refractivity contribution >= 4 is 28.0 Å². The topological polar surface area (TPSA) is 22.0 Å². The van der Waals surface area contributed by atoms with Crippen molar-refractivity contribution in [3.8, 4) is 0 Å². The molecule has 102 valence electrons. The highest BCUT2D eigenvalue weighted by Gasteiger charge is 2.13. The van der Waals surface area contributed by atoms with Gasteiger partial charge in [-0.3, -0.25) is 4.79 Å². The Kier molecular flexibility index (Phi) is 3.22. The quantitative estimate of drug-likeness (QED) is 0.648. The molecule has 0 spiro atoms. The molecule has 0 unspecified atom stereocenters. The summed E-state index contributed by atoms with van der Waals surface area (Å²) in [5.74, 6) is 0.186. The summed E-state index contributed by atoms with van der Waals surface area (Å²) >= 11 is 1.69. The highest BCUT2D eigenvalue weighted by Crippen LogP contribution is 2.23. The molecule has 0 aliphatic heterocycles. The lowest BCUT2D eigenvalue weighted by Crippen LogP contribution is -2.09. The van der Waals surface area contributed by atoms with Crippen molar-refractivity contribution in [2.75, 3.05) is 0 Å². The average Bonchev–Trinajstić information content (AvgIpc) is 2.94. The zero-order valence-corrected chi connectivity index (χ0v) is 12.8. The van der Waals surface area contributed by atoms with E-state index in [-0.39, 0.29) is 5.78 Å². The van der Waals surface area contributed by atoms with E-state index in [9.17, 15) is 4.79 Å². The number of carbonyl (C=O) groups is 1. The van der Waals surface area contributed by atoms with Crippen LogP contribution in [0.25, 0.3) is 10.9 Å². The molecule has 2 aromatic heterocycles. The molecule has 0 N–H and O–H groups in total. The van der Waals surface area contributed by atoms with Gasteiger partial charge < -0.3 is 4.57 Å². The summed E-state index contributed by atoms with van der Waals surface area (Å²) in [5.41, 5.74) is 3.24. The van der Waals surface area contributed by atoms with E-state index in [1.807, 2.05) is 36.7 Å². The third-order valence-electron chi connectivity index (χ3n) is 3.69. The fourth-order valence-corrected chi connectivity index (χ4v) is 3.61. The Labute approximate surface area is 122 Å². The third kappa shape index (κ3) is 2.18. The Hall–Kier alpha value is -1.87. The summed E-state index contributed by atoms with van der Waals surface area (Å²) in [5, 5.41) is 1.22. The molecule has 0 saturated carbocycles. The minimum absolute atomic E-state index is 0.186. The summed E-state index contributed by atoms with van der Waals surface area (Å²) in [6.45, 7) is 6.57. The highest BCUT2D eigenvalue weighted by atomic mass is 32.1. The molecule has 2 nitrogen and oxygen atoms in total. The van der Waals surface area contributed by atoms with E-state index in [0.717, 1.165) is 16.0 Å². The number of hydrogen-bond acceptors (Lipinski definition) is 2. The summed E-state index contributed by atoms with van der Waals surface area (Å²) in [6, 6.07) is 10.3. The van der Waals surface area contributed by atoms with E-state index in [1.165, 1.54) is 15.8 Å². The van der Waals surface area contributed by atoms with E-state index in [1.54, 1.807) is 11.3 Å². The molecule has 1 aromatic carbocycles. The van der Waals surface area contributed by atoms with Crippen LogP contribution in [0.5, 0.6) is 0 Å². The molecular formula is C17H17NOS. The van der Waals surface area contributed by atoms with Crippen molar-refractivity contribution < 1.29 is 4.79 Å². The molecule has 3 aromatic rings. The van der Waals surface area contributed by atoms with Crippen LogP contribution in [0.15, 0.2) is 36.5 Å². The Bertz CT molecular complexity index is 795. The summed E-state index contributed by atoms with van der Waals surface area (Å²) < 4.78 is 2.04. The molecular weight excluding hydrogens is 266 g/mol. The molecule has 0 saturated heterocycles. The van der Waals surface area contributed by atoms with Gasteiger partial charge in [0.25, 0.3) is 0 Å². The lowest BCUT2D eigenvalue weighted by Gasteiger charge is -2.05. The van der Waals surface area contributed by atoms with E-state index < -0.39 is 0 Å². The Morgan fingerprint density at radius 3 is 2.70 bits per heavy atom. The smallest absolute Gasteiger partial charge is 0.183 e. The van der Waals surface area contributed by atoms with Crippen LogP contribution < -0.4 is 0 Å². The zero-order valence-electron chi connectivity index (χ0n) is 11.9. The monoisotopic (exact) mass is 283 g/mol. The van der Waals surface area contributed by atoms with E-state index in [2.05, 4.69) is 25.1 Å². The van der Waals surface area contributed by atoms with Gasteiger partial charge in [-0.25, -0.2) is 0 Å². The first-order chi connectivity index (χ1) is 9.56. The maximum atomic E-state index is 12.5. The van der Waals surface area contributed by atoms with Gasteiger partial charge in [-0.1, -0.05) is 12.1 Å². The van der Waals surface area contributed by atoms with Gasteiger partial charge in [0.1, 0.15) is 0 Å². The predicted octanol–water partition coefficient (Wildman–Crippen LogP) is 4.51. The van der Waals surface area contributed by atoms with Crippen molar-refractivity contribution in [2.24, 2.45) is 0 Å². The maximum absolute atomic E-state index is 12.5. The molecule has 0 bridgehead atoms. The number of ketones is 1. The molecule has 3 heteroatoms. The number of rotatable bonds is 3. The summed E-state index contributed by atoms with van der Waals surface area (Å²) in [6.07, 6.45) is 2.00. The lowest BCUT2D eigenvalue weighted by atomic mass is 10.1. The number of carbonyl (C=O) groups excluding carboxylic acids is 1. The van der Waals surface area contributed by atoms with Gasteiger partial charge in [-0.15, -0.1) is 11.3 Å². The van der Waals surface area contributed by atoms with E-state index in [0.29, 0.717) is 6.54 Å². The minimum Gasteiger partial charge on any atom is -0.340 e. The predicted molar refractivity (Wildman–Crippen MR) is 84.8 cm³/mol. The summed E-state index contributed by atoms with van der Waals surface area (Å²) in [4.78, 5) is 14.8. The lowest BCUT2D eigenvalue weighted by molar-refractivity contribution is 0.0973. The van der Waals surface area contributed by atoms with Crippen LogP contribution in [0.3, 0.4) is 0 Å². The van der Waals surface area contributed by atoms with Crippen LogP contribution >= 0.6 is 11.3 Å². The first-order valence-corrected chi connectivity index (χ1v) is 7.52. The fraction of sp³-hybridized carbons (Fsp3) is 0.235. The van der Waals surface area contributed by atoms with E-state index in [4.69, 9.17) is 0 Å². The molecule has 0 radical (unpaired) electrons. The number of nitrogens with zero attached hydrogens (tertiary/aromatic N) is 1. The molecule has 0 atom stereocenters. The van der Waals surface area contributed by atoms with Gasteiger partial charge in [0.2, 0.25) is 0 Å². The number of hydrogen-bond donors (Lipinski definition) is 0. The van der Waals surface area contributed by atoms with Crippen LogP contribution in [0, 0.1) is 20.8 Å². The van der Waals surface area contributed by atoms with Crippen LogP contribution in [0.2, 0.25) is 0 Å². The number of benzene rings is 1. The van der Waals surface area contributed by atoms with E-state index >= 15 is 0 Å². The molecule has 0 aliphatic carbocycles. The fourth-order valence-electron chi connectivity index (χ4n) is 2.66.